The summed E-state index contributed by atoms with van der Waals surface area (Å²) in [5.41, 5.74) is 7.76. The highest BCUT2D eigenvalue weighted by atomic mass is 79.9. The van der Waals surface area contributed by atoms with Gasteiger partial charge >= 0.3 is 0 Å². The van der Waals surface area contributed by atoms with Crippen molar-refractivity contribution in [1.82, 2.24) is 0 Å². The molecule has 2 aromatic carbocycles. The first-order valence-corrected chi connectivity index (χ1v) is 9.44. The van der Waals surface area contributed by atoms with Crippen molar-refractivity contribution in [3.63, 3.8) is 0 Å². The Hall–Kier alpha value is -3.02. The van der Waals surface area contributed by atoms with Gasteiger partial charge in [0.15, 0.2) is 11.5 Å². The first kappa shape index (κ1) is 17.4. The first-order valence-electron chi connectivity index (χ1n) is 7.83. The summed E-state index contributed by atoms with van der Waals surface area (Å²) >= 11 is 4.51. The number of ether oxygens (including phenoxy) is 2. The van der Waals surface area contributed by atoms with Crippen molar-refractivity contribution in [2.45, 2.75) is 0 Å². The van der Waals surface area contributed by atoms with Gasteiger partial charge in [0, 0.05) is 21.8 Å². The Kier molecular flexibility index (Phi) is 4.48. The van der Waals surface area contributed by atoms with Crippen LogP contribution >= 0.6 is 27.3 Å². The largest absolute Gasteiger partial charge is 0.454 e. The first-order chi connectivity index (χ1) is 13.1. The van der Waals surface area contributed by atoms with Gasteiger partial charge in [0.1, 0.15) is 5.00 Å². The molecule has 0 unspecified atom stereocenters. The molecule has 0 aliphatic carbocycles. The van der Waals surface area contributed by atoms with E-state index in [0.29, 0.717) is 32.6 Å². The van der Waals surface area contributed by atoms with Gasteiger partial charge in [0.05, 0.1) is 17.1 Å². The second kappa shape index (κ2) is 6.95. The van der Waals surface area contributed by atoms with E-state index in [0.717, 1.165) is 15.8 Å². The number of rotatable bonds is 4. The number of halogens is 1. The van der Waals surface area contributed by atoms with Crippen molar-refractivity contribution < 1.29 is 14.3 Å². The van der Waals surface area contributed by atoms with E-state index in [1.165, 1.54) is 0 Å². The molecule has 0 fully saturated rings. The van der Waals surface area contributed by atoms with Gasteiger partial charge in [-0.3, -0.25) is 4.79 Å². The number of ketones is 1. The summed E-state index contributed by atoms with van der Waals surface area (Å²) in [6.07, 6.45) is 0. The van der Waals surface area contributed by atoms with E-state index >= 15 is 0 Å². The zero-order valence-electron chi connectivity index (χ0n) is 13.8. The molecule has 3 N–H and O–H groups in total. The number of nitrogens with two attached hydrogens (primary N) is 1. The SMILES string of the molecule is [C-]#[N+]c1c(Nc2ccc3c(c2)OCO3)sc(C(=O)c2ccc(Br)cc2)c1N. The lowest BCUT2D eigenvalue weighted by molar-refractivity contribution is 0.104. The quantitative estimate of drug-likeness (QED) is 0.421. The van der Waals surface area contributed by atoms with Crippen LogP contribution in [0.3, 0.4) is 0 Å². The number of carbonyl (C=O) groups is 1. The molecule has 3 aromatic rings. The number of nitrogens with zero attached hydrogens (tertiary/aromatic N) is 1. The van der Waals surface area contributed by atoms with Gasteiger partial charge in [-0.15, -0.1) is 11.3 Å². The molecule has 0 saturated carbocycles. The Labute approximate surface area is 167 Å². The number of anilines is 3. The molecule has 2 heterocycles. The Bertz CT molecular complexity index is 1090. The molecule has 0 radical (unpaired) electrons. The van der Waals surface area contributed by atoms with Crippen LogP contribution < -0.4 is 20.5 Å². The predicted octanol–water partition coefficient (Wildman–Crippen LogP) is 5.35. The average molecular weight is 442 g/mol. The van der Waals surface area contributed by atoms with E-state index in [1.807, 2.05) is 6.07 Å². The number of hydrogen-bond donors (Lipinski definition) is 2. The van der Waals surface area contributed by atoms with Gasteiger partial charge < -0.3 is 20.5 Å². The van der Waals surface area contributed by atoms with Crippen molar-refractivity contribution in [1.29, 1.82) is 0 Å². The summed E-state index contributed by atoms with van der Waals surface area (Å²) in [5.74, 6) is 1.08. The fourth-order valence-electron chi connectivity index (χ4n) is 2.64. The maximum Gasteiger partial charge on any atom is 0.243 e. The van der Waals surface area contributed by atoms with Crippen LogP contribution in [-0.2, 0) is 0 Å². The number of benzene rings is 2. The molecular weight excluding hydrogens is 430 g/mol. The maximum atomic E-state index is 12.8. The van der Waals surface area contributed by atoms with Crippen LogP contribution in [0, 0.1) is 6.57 Å². The maximum absolute atomic E-state index is 12.8. The van der Waals surface area contributed by atoms with Gasteiger partial charge in [0.25, 0.3) is 0 Å². The van der Waals surface area contributed by atoms with E-state index in [1.54, 1.807) is 36.4 Å². The molecule has 0 bridgehead atoms. The van der Waals surface area contributed by atoms with Crippen molar-refractivity contribution in [3.8, 4) is 11.5 Å². The minimum atomic E-state index is -0.214. The molecule has 0 amide bonds. The van der Waals surface area contributed by atoms with Crippen LogP contribution in [0.15, 0.2) is 46.9 Å². The number of carbonyl (C=O) groups excluding carboxylic acids is 1. The van der Waals surface area contributed by atoms with Crippen LogP contribution in [-0.4, -0.2) is 12.6 Å². The molecule has 6 nitrogen and oxygen atoms in total. The van der Waals surface area contributed by atoms with E-state index in [4.69, 9.17) is 21.8 Å². The fourth-order valence-corrected chi connectivity index (χ4v) is 3.94. The molecule has 0 spiro atoms. The van der Waals surface area contributed by atoms with Crippen molar-refractivity contribution >= 4 is 55.1 Å². The van der Waals surface area contributed by atoms with Gasteiger partial charge in [0.2, 0.25) is 18.3 Å². The van der Waals surface area contributed by atoms with Gasteiger partial charge in [-0.05, 0) is 36.4 Å². The third kappa shape index (κ3) is 3.23. The smallest absolute Gasteiger partial charge is 0.243 e. The number of thiophene rings is 1. The molecule has 1 aromatic heterocycles. The average Bonchev–Trinajstić information content (AvgIpc) is 3.25. The van der Waals surface area contributed by atoms with E-state index in [9.17, 15) is 4.79 Å². The normalized spacial score (nSPS) is 11.9. The Morgan fingerprint density at radius 3 is 2.67 bits per heavy atom. The molecule has 1 aliphatic rings. The highest BCUT2D eigenvalue weighted by Crippen LogP contribution is 2.45. The second-order valence-electron chi connectivity index (χ2n) is 5.66. The van der Waals surface area contributed by atoms with Crippen LogP contribution in [0.1, 0.15) is 15.2 Å². The monoisotopic (exact) mass is 441 g/mol. The summed E-state index contributed by atoms with van der Waals surface area (Å²) < 4.78 is 11.5. The summed E-state index contributed by atoms with van der Waals surface area (Å²) in [6.45, 7) is 7.63. The topological polar surface area (TPSA) is 77.9 Å². The molecule has 0 saturated heterocycles. The molecular formula is C19H12BrN3O3S. The summed E-state index contributed by atoms with van der Waals surface area (Å²) in [7, 11) is 0. The van der Waals surface area contributed by atoms with E-state index in [2.05, 4.69) is 26.1 Å². The van der Waals surface area contributed by atoms with Crippen LogP contribution in [0.2, 0.25) is 0 Å². The number of fused-ring (bicyclic) bond motifs is 1. The Balaban J connectivity index is 1.68. The molecule has 0 atom stereocenters. The molecule has 27 heavy (non-hydrogen) atoms. The summed E-state index contributed by atoms with van der Waals surface area (Å²) in [5, 5.41) is 3.67. The number of nitrogen functional groups attached to an aromatic ring is 1. The standard InChI is InChI=1S/C19H12BrN3O3S/c1-22-16-15(21)18(17(24)10-2-4-11(20)5-3-10)27-19(16)23-12-6-7-13-14(8-12)26-9-25-13/h2-8,23H,9,21H2. The highest BCUT2D eigenvalue weighted by molar-refractivity contribution is 9.10. The van der Waals surface area contributed by atoms with Crippen LogP contribution in [0.5, 0.6) is 11.5 Å². The lowest BCUT2D eigenvalue weighted by Gasteiger charge is -2.05. The highest BCUT2D eigenvalue weighted by Gasteiger charge is 2.23. The van der Waals surface area contributed by atoms with Crippen molar-refractivity contribution in [3.05, 3.63) is 68.8 Å². The molecule has 8 heteroatoms. The summed E-state index contributed by atoms with van der Waals surface area (Å²) in [6, 6.07) is 12.4. The Morgan fingerprint density at radius 2 is 1.93 bits per heavy atom. The van der Waals surface area contributed by atoms with Crippen molar-refractivity contribution in [2.75, 3.05) is 17.8 Å². The van der Waals surface area contributed by atoms with Crippen LogP contribution in [0.4, 0.5) is 22.1 Å². The fraction of sp³-hybridized carbons (Fsp3) is 0.0526. The molecule has 1 aliphatic heterocycles. The van der Waals surface area contributed by atoms with Gasteiger partial charge in [-0.2, -0.15) is 0 Å². The van der Waals surface area contributed by atoms with Gasteiger partial charge in [-0.25, -0.2) is 4.85 Å². The zero-order chi connectivity index (χ0) is 19.0. The predicted molar refractivity (Wildman–Crippen MR) is 108 cm³/mol. The summed E-state index contributed by atoms with van der Waals surface area (Å²) in [4.78, 5) is 16.7. The minimum absolute atomic E-state index is 0.184. The number of nitrogens with one attached hydrogen (secondary N) is 1. The number of hydrogen-bond acceptors (Lipinski definition) is 6. The lowest BCUT2D eigenvalue weighted by Crippen LogP contribution is -2.01. The minimum Gasteiger partial charge on any atom is -0.454 e. The van der Waals surface area contributed by atoms with E-state index in [-0.39, 0.29) is 24.0 Å². The third-order valence-corrected chi connectivity index (χ3v) is 5.61. The molecule has 4 rings (SSSR count). The lowest BCUT2D eigenvalue weighted by atomic mass is 10.1. The van der Waals surface area contributed by atoms with Crippen LogP contribution in [0.25, 0.3) is 4.85 Å². The van der Waals surface area contributed by atoms with E-state index < -0.39 is 0 Å². The second-order valence-corrected chi connectivity index (χ2v) is 7.60. The zero-order valence-corrected chi connectivity index (χ0v) is 16.2. The molecule has 134 valence electrons. The van der Waals surface area contributed by atoms with Crippen molar-refractivity contribution in [2.24, 2.45) is 0 Å². The Morgan fingerprint density at radius 1 is 1.19 bits per heavy atom. The van der Waals surface area contributed by atoms with Gasteiger partial charge in [-0.1, -0.05) is 15.9 Å². The third-order valence-electron chi connectivity index (χ3n) is 3.97.